The molecule has 0 N–H and O–H groups in total. The first kappa shape index (κ1) is 21.6. The van der Waals surface area contributed by atoms with Gasteiger partial charge >= 0.3 is 5.97 Å². The van der Waals surface area contributed by atoms with Crippen molar-refractivity contribution in [1.82, 2.24) is 4.98 Å². The van der Waals surface area contributed by atoms with Crippen LogP contribution in [0.4, 0.5) is 0 Å². The largest absolute Gasteiger partial charge is 0.487 e. The van der Waals surface area contributed by atoms with E-state index in [2.05, 4.69) is 4.98 Å². The highest BCUT2D eigenvalue weighted by Crippen LogP contribution is 2.26. The molecule has 1 aromatic heterocycles. The van der Waals surface area contributed by atoms with Crippen molar-refractivity contribution in [2.24, 2.45) is 0 Å². The molecule has 1 heterocycles. The molecular formula is C24H27NO5. The van der Waals surface area contributed by atoms with Gasteiger partial charge in [-0.25, -0.2) is 9.78 Å². The topological polar surface area (TPSA) is 70.8 Å². The Morgan fingerprint density at radius 3 is 2.57 bits per heavy atom. The molecule has 2 aromatic carbocycles. The number of aryl methyl sites for hydroxylation is 1. The predicted molar refractivity (Wildman–Crippen MR) is 113 cm³/mol. The van der Waals surface area contributed by atoms with Gasteiger partial charge in [0.1, 0.15) is 23.8 Å². The second kappa shape index (κ2) is 10.1. The highest BCUT2D eigenvalue weighted by molar-refractivity contribution is 5.75. The van der Waals surface area contributed by atoms with Crippen molar-refractivity contribution in [2.75, 3.05) is 13.7 Å². The summed E-state index contributed by atoms with van der Waals surface area (Å²) in [5.41, 5.74) is 3.60. The Balaban J connectivity index is 1.73. The van der Waals surface area contributed by atoms with E-state index >= 15 is 0 Å². The number of hydrogen-bond acceptors (Lipinski definition) is 6. The summed E-state index contributed by atoms with van der Waals surface area (Å²) in [5, 5.41) is 0. The van der Waals surface area contributed by atoms with Gasteiger partial charge in [-0.05, 0) is 50.1 Å². The maximum atomic E-state index is 12.0. The maximum Gasteiger partial charge on any atom is 0.335 e. The van der Waals surface area contributed by atoms with Gasteiger partial charge in [-0.1, -0.05) is 30.3 Å². The number of esters is 1. The lowest BCUT2D eigenvalue weighted by Crippen LogP contribution is -2.28. The third-order valence-electron chi connectivity index (χ3n) is 4.91. The summed E-state index contributed by atoms with van der Waals surface area (Å²) in [7, 11) is 1.37. The summed E-state index contributed by atoms with van der Waals surface area (Å²) >= 11 is 0. The predicted octanol–water partition coefficient (Wildman–Crippen LogP) is 4.66. The molecule has 0 aliphatic heterocycles. The Morgan fingerprint density at radius 2 is 1.87 bits per heavy atom. The number of aromatic nitrogens is 1. The third kappa shape index (κ3) is 5.07. The van der Waals surface area contributed by atoms with Crippen molar-refractivity contribution >= 4 is 5.97 Å². The maximum absolute atomic E-state index is 12.0. The number of methoxy groups -OCH3 is 1. The van der Waals surface area contributed by atoms with E-state index in [1.54, 1.807) is 0 Å². The number of hydrogen-bond donors (Lipinski definition) is 0. The highest BCUT2D eigenvalue weighted by atomic mass is 16.6. The Bertz CT molecular complexity index is 981. The van der Waals surface area contributed by atoms with Gasteiger partial charge in [-0.3, -0.25) is 0 Å². The van der Waals surface area contributed by atoms with Crippen LogP contribution in [-0.2, 0) is 27.3 Å². The normalized spacial score (nSPS) is 11.9. The summed E-state index contributed by atoms with van der Waals surface area (Å²) in [5.74, 6) is 1.66. The lowest BCUT2D eigenvalue weighted by molar-refractivity contribution is -0.153. The van der Waals surface area contributed by atoms with Crippen LogP contribution in [0.5, 0.6) is 5.75 Å². The summed E-state index contributed by atoms with van der Waals surface area (Å²) in [6, 6.07) is 15.5. The number of benzene rings is 2. The number of carbonyl (C=O) groups is 1. The van der Waals surface area contributed by atoms with E-state index < -0.39 is 6.10 Å². The number of carbonyl (C=O) groups excluding carboxylic acids is 1. The van der Waals surface area contributed by atoms with Crippen molar-refractivity contribution in [2.45, 2.75) is 39.9 Å². The van der Waals surface area contributed by atoms with Crippen LogP contribution in [-0.4, -0.2) is 30.8 Å². The first-order valence-corrected chi connectivity index (χ1v) is 9.95. The molecule has 158 valence electrons. The summed E-state index contributed by atoms with van der Waals surface area (Å²) < 4.78 is 22.2. The monoisotopic (exact) mass is 409 g/mol. The fourth-order valence-corrected chi connectivity index (χ4v) is 3.19. The molecule has 0 unspecified atom stereocenters. The van der Waals surface area contributed by atoms with Gasteiger partial charge in [0.15, 0.2) is 6.10 Å². The quantitative estimate of drug-likeness (QED) is 0.479. The van der Waals surface area contributed by atoms with Crippen LogP contribution in [0.1, 0.15) is 29.5 Å². The molecule has 0 bridgehead atoms. The number of nitrogens with zero attached hydrogens (tertiary/aromatic N) is 1. The van der Waals surface area contributed by atoms with Gasteiger partial charge in [-0.15, -0.1) is 0 Å². The van der Waals surface area contributed by atoms with Crippen molar-refractivity contribution in [1.29, 1.82) is 0 Å². The van der Waals surface area contributed by atoms with Crippen LogP contribution in [0.3, 0.4) is 0 Å². The molecule has 3 rings (SSSR count). The van der Waals surface area contributed by atoms with E-state index in [4.69, 9.17) is 18.6 Å². The minimum absolute atomic E-state index is 0.290. The molecule has 0 fully saturated rings. The SMILES string of the molecule is CCO[C@@H](Cc1cccc(OCc2nc(-c3ccccc3)oc2C)c1C)C(=O)OC. The molecule has 6 heteroatoms. The minimum atomic E-state index is -0.639. The molecule has 0 radical (unpaired) electrons. The molecule has 1 atom stereocenters. The Hall–Kier alpha value is -3.12. The van der Waals surface area contributed by atoms with E-state index in [9.17, 15) is 4.79 Å². The van der Waals surface area contributed by atoms with Crippen LogP contribution >= 0.6 is 0 Å². The number of ether oxygens (including phenoxy) is 3. The standard InChI is InChI=1S/C24H27NO5/c1-5-28-22(24(26)27-4)14-19-12-9-13-21(16(19)2)29-15-20-17(3)30-23(25-20)18-10-7-6-8-11-18/h6-13,22H,5,14-15H2,1-4H3/t22-/m0/s1. The highest BCUT2D eigenvalue weighted by Gasteiger charge is 2.21. The smallest absolute Gasteiger partial charge is 0.335 e. The van der Waals surface area contributed by atoms with E-state index in [0.29, 0.717) is 25.5 Å². The molecule has 30 heavy (non-hydrogen) atoms. The second-order valence-electron chi connectivity index (χ2n) is 6.89. The van der Waals surface area contributed by atoms with Gasteiger partial charge in [0, 0.05) is 18.6 Å². The molecule has 0 aliphatic carbocycles. The lowest BCUT2D eigenvalue weighted by atomic mass is 10.0. The summed E-state index contributed by atoms with van der Waals surface area (Å²) in [6.45, 7) is 6.43. The van der Waals surface area contributed by atoms with Crippen LogP contribution in [0.2, 0.25) is 0 Å². The molecule has 0 spiro atoms. The second-order valence-corrected chi connectivity index (χ2v) is 6.89. The molecule has 0 saturated heterocycles. The minimum Gasteiger partial charge on any atom is -0.487 e. The molecule has 6 nitrogen and oxygen atoms in total. The fourth-order valence-electron chi connectivity index (χ4n) is 3.19. The molecule has 0 amide bonds. The van der Waals surface area contributed by atoms with E-state index in [1.165, 1.54) is 7.11 Å². The average molecular weight is 409 g/mol. The van der Waals surface area contributed by atoms with E-state index in [0.717, 1.165) is 33.9 Å². The van der Waals surface area contributed by atoms with Gasteiger partial charge in [0.2, 0.25) is 5.89 Å². The first-order valence-electron chi connectivity index (χ1n) is 9.95. The van der Waals surface area contributed by atoms with E-state index in [1.807, 2.05) is 69.3 Å². The lowest BCUT2D eigenvalue weighted by Gasteiger charge is -2.17. The zero-order valence-corrected chi connectivity index (χ0v) is 17.8. The van der Waals surface area contributed by atoms with Gasteiger partial charge in [0.25, 0.3) is 0 Å². The van der Waals surface area contributed by atoms with Crippen LogP contribution in [0.15, 0.2) is 52.9 Å². The molecule has 3 aromatic rings. The molecule has 0 aliphatic rings. The van der Waals surface area contributed by atoms with Crippen molar-refractivity contribution in [3.63, 3.8) is 0 Å². The average Bonchev–Trinajstić information content (AvgIpc) is 3.14. The zero-order chi connectivity index (χ0) is 21.5. The third-order valence-corrected chi connectivity index (χ3v) is 4.91. The summed E-state index contributed by atoms with van der Waals surface area (Å²) in [4.78, 5) is 16.6. The Labute approximate surface area is 176 Å². The van der Waals surface area contributed by atoms with Crippen LogP contribution < -0.4 is 4.74 Å². The Kier molecular flexibility index (Phi) is 7.25. The fraction of sp³-hybridized carbons (Fsp3) is 0.333. The molecular weight excluding hydrogens is 382 g/mol. The van der Waals surface area contributed by atoms with E-state index in [-0.39, 0.29) is 5.97 Å². The zero-order valence-electron chi connectivity index (χ0n) is 17.8. The molecule has 0 saturated carbocycles. The first-order chi connectivity index (χ1) is 14.5. The Morgan fingerprint density at radius 1 is 1.10 bits per heavy atom. The van der Waals surface area contributed by atoms with Gasteiger partial charge in [0.05, 0.1) is 7.11 Å². The van der Waals surface area contributed by atoms with Crippen LogP contribution in [0.25, 0.3) is 11.5 Å². The van der Waals surface area contributed by atoms with Crippen molar-refractivity contribution < 1.29 is 23.4 Å². The van der Waals surface area contributed by atoms with Crippen molar-refractivity contribution in [3.05, 3.63) is 71.1 Å². The van der Waals surface area contributed by atoms with Crippen LogP contribution in [0, 0.1) is 13.8 Å². The summed E-state index contributed by atoms with van der Waals surface area (Å²) in [6.07, 6.45) is -0.217. The number of oxazole rings is 1. The number of rotatable bonds is 9. The van der Waals surface area contributed by atoms with Gasteiger partial charge < -0.3 is 18.6 Å². The van der Waals surface area contributed by atoms with Gasteiger partial charge in [-0.2, -0.15) is 0 Å². The van der Waals surface area contributed by atoms with Crippen molar-refractivity contribution in [3.8, 4) is 17.2 Å².